The normalized spacial score (nSPS) is 14.5. The van der Waals surface area contributed by atoms with Crippen molar-refractivity contribution in [2.24, 2.45) is 0 Å². The third-order valence-corrected chi connectivity index (χ3v) is 4.49. The first-order valence-corrected chi connectivity index (χ1v) is 8.78. The SMILES string of the molecule is O=C(/C=C/c1ccc(F)cc1)NC(=S)N1CCN(c2cccc[nH+]2)CC1. The van der Waals surface area contributed by atoms with E-state index in [-0.39, 0.29) is 11.7 Å². The van der Waals surface area contributed by atoms with Gasteiger partial charge >= 0.3 is 0 Å². The predicted molar refractivity (Wildman–Crippen MR) is 103 cm³/mol. The van der Waals surface area contributed by atoms with Crippen LogP contribution in [0.3, 0.4) is 0 Å². The predicted octanol–water partition coefficient (Wildman–Crippen LogP) is 1.88. The number of piperazine rings is 1. The number of benzene rings is 1. The molecule has 3 rings (SSSR count). The molecule has 134 valence electrons. The van der Waals surface area contributed by atoms with Gasteiger partial charge in [-0.1, -0.05) is 18.2 Å². The van der Waals surface area contributed by atoms with Gasteiger partial charge in [-0.2, -0.15) is 0 Å². The molecule has 2 N–H and O–H groups in total. The number of hydrogen-bond acceptors (Lipinski definition) is 3. The van der Waals surface area contributed by atoms with Crippen LogP contribution in [0.5, 0.6) is 0 Å². The van der Waals surface area contributed by atoms with Gasteiger partial charge in [0.2, 0.25) is 5.91 Å². The Kier molecular flexibility index (Phi) is 5.91. The molecule has 0 aliphatic carbocycles. The fourth-order valence-corrected chi connectivity index (χ4v) is 2.99. The Morgan fingerprint density at radius 3 is 2.50 bits per heavy atom. The van der Waals surface area contributed by atoms with Gasteiger partial charge < -0.3 is 4.90 Å². The summed E-state index contributed by atoms with van der Waals surface area (Å²) in [4.78, 5) is 19.5. The van der Waals surface area contributed by atoms with Crippen molar-refractivity contribution in [2.75, 3.05) is 31.1 Å². The van der Waals surface area contributed by atoms with E-state index < -0.39 is 0 Å². The maximum atomic E-state index is 12.9. The van der Waals surface area contributed by atoms with E-state index in [2.05, 4.69) is 15.2 Å². The molecule has 1 amide bonds. The van der Waals surface area contributed by atoms with Crippen LogP contribution in [0.2, 0.25) is 0 Å². The maximum Gasteiger partial charge on any atom is 0.274 e. The van der Waals surface area contributed by atoms with Gasteiger partial charge in [-0.25, -0.2) is 9.37 Å². The van der Waals surface area contributed by atoms with Crippen LogP contribution in [0.1, 0.15) is 5.56 Å². The second-order valence-electron chi connectivity index (χ2n) is 5.90. The van der Waals surface area contributed by atoms with E-state index in [1.807, 2.05) is 29.3 Å². The molecular weight excluding hydrogens is 351 g/mol. The Hall–Kier alpha value is -2.80. The highest BCUT2D eigenvalue weighted by atomic mass is 32.1. The van der Waals surface area contributed by atoms with E-state index in [1.165, 1.54) is 18.2 Å². The molecule has 1 aromatic heterocycles. The average Bonchev–Trinajstić information content (AvgIpc) is 2.68. The highest BCUT2D eigenvalue weighted by molar-refractivity contribution is 7.80. The Bertz CT molecular complexity index is 787. The third-order valence-electron chi connectivity index (χ3n) is 4.13. The van der Waals surface area contributed by atoms with E-state index >= 15 is 0 Å². The summed E-state index contributed by atoms with van der Waals surface area (Å²) in [7, 11) is 0. The van der Waals surface area contributed by atoms with Gasteiger partial charge in [-0.3, -0.25) is 15.0 Å². The van der Waals surface area contributed by atoms with Gasteiger partial charge in [0, 0.05) is 12.1 Å². The summed E-state index contributed by atoms with van der Waals surface area (Å²) in [6, 6.07) is 11.9. The number of anilines is 1. The van der Waals surface area contributed by atoms with Gasteiger partial charge in [-0.15, -0.1) is 0 Å². The number of pyridine rings is 1. The molecule has 26 heavy (non-hydrogen) atoms. The molecule has 0 unspecified atom stereocenters. The van der Waals surface area contributed by atoms with Gasteiger partial charge in [0.1, 0.15) is 18.9 Å². The highest BCUT2D eigenvalue weighted by Crippen LogP contribution is 2.10. The zero-order valence-electron chi connectivity index (χ0n) is 14.2. The third kappa shape index (κ3) is 4.86. The second-order valence-corrected chi connectivity index (χ2v) is 6.29. The Morgan fingerprint density at radius 1 is 1.12 bits per heavy atom. The smallest absolute Gasteiger partial charge is 0.274 e. The Morgan fingerprint density at radius 2 is 1.85 bits per heavy atom. The lowest BCUT2D eigenvalue weighted by Crippen LogP contribution is -2.53. The van der Waals surface area contributed by atoms with Crippen LogP contribution < -0.4 is 15.2 Å². The number of halogens is 1. The first-order valence-electron chi connectivity index (χ1n) is 8.37. The minimum atomic E-state index is -0.306. The summed E-state index contributed by atoms with van der Waals surface area (Å²) >= 11 is 5.34. The van der Waals surface area contributed by atoms with E-state index in [0.29, 0.717) is 5.11 Å². The van der Waals surface area contributed by atoms with Crippen LogP contribution in [0.4, 0.5) is 10.2 Å². The lowest BCUT2D eigenvalue weighted by Gasteiger charge is -2.32. The standard InChI is InChI=1S/C19H19FN4OS/c20-16-7-4-15(5-8-16)6-9-18(25)22-19(26)24-13-11-23(12-14-24)17-3-1-2-10-21-17/h1-10H,11-14H2,(H,22,25,26)/p+1/b9-6+. The second kappa shape index (κ2) is 8.53. The lowest BCUT2D eigenvalue weighted by atomic mass is 10.2. The summed E-state index contributed by atoms with van der Waals surface area (Å²) in [5.74, 6) is 0.475. The van der Waals surface area contributed by atoms with Crippen LogP contribution in [0.25, 0.3) is 6.08 Å². The van der Waals surface area contributed by atoms with E-state index in [0.717, 1.165) is 37.6 Å². The van der Waals surface area contributed by atoms with Gasteiger partial charge in [0.05, 0.1) is 19.3 Å². The number of hydrogen-bond donors (Lipinski definition) is 1. The number of amides is 1. The molecule has 1 aliphatic heterocycles. The van der Waals surface area contributed by atoms with E-state index in [4.69, 9.17) is 12.2 Å². The summed E-state index contributed by atoms with van der Waals surface area (Å²) in [5, 5.41) is 3.14. The molecule has 0 saturated carbocycles. The fourth-order valence-electron chi connectivity index (χ4n) is 2.70. The number of nitrogens with one attached hydrogen (secondary N) is 2. The quantitative estimate of drug-likeness (QED) is 0.661. The number of carbonyl (C=O) groups excluding carboxylic acids is 1. The summed E-state index contributed by atoms with van der Waals surface area (Å²) < 4.78 is 12.9. The largest absolute Gasteiger partial charge is 0.341 e. The molecular formula is C19H20FN4OS+. The fraction of sp³-hybridized carbons (Fsp3) is 0.211. The Labute approximate surface area is 157 Å². The molecule has 2 heterocycles. The van der Waals surface area contributed by atoms with Crippen molar-refractivity contribution in [1.82, 2.24) is 10.2 Å². The van der Waals surface area contributed by atoms with Crippen molar-refractivity contribution in [2.45, 2.75) is 0 Å². The van der Waals surface area contributed by atoms with E-state index in [1.54, 1.807) is 18.2 Å². The molecule has 0 atom stereocenters. The van der Waals surface area contributed by atoms with Gasteiger partial charge in [0.25, 0.3) is 5.82 Å². The number of aromatic nitrogens is 1. The van der Waals surface area contributed by atoms with Crippen LogP contribution in [0.15, 0.2) is 54.7 Å². The molecule has 7 heteroatoms. The molecule has 2 aromatic rings. The van der Waals surface area contributed by atoms with Crippen LogP contribution in [0, 0.1) is 5.82 Å². The number of nitrogens with zero attached hydrogens (tertiary/aromatic N) is 2. The minimum Gasteiger partial charge on any atom is -0.341 e. The van der Waals surface area contributed by atoms with Crippen LogP contribution in [-0.4, -0.2) is 42.1 Å². The van der Waals surface area contributed by atoms with E-state index in [9.17, 15) is 9.18 Å². The number of H-pyrrole nitrogens is 1. The molecule has 1 saturated heterocycles. The first-order chi connectivity index (χ1) is 12.6. The molecule has 5 nitrogen and oxygen atoms in total. The molecule has 0 bridgehead atoms. The summed E-state index contributed by atoms with van der Waals surface area (Å²) in [5.41, 5.74) is 0.750. The molecule has 1 aromatic carbocycles. The van der Waals surface area contributed by atoms with Gasteiger partial charge in [0.15, 0.2) is 5.11 Å². The van der Waals surface area contributed by atoms with Crippen LogP contribution in [-0.2, 0) is 4.79 Å². The number of carbonyl (C=O) groups is 1. The summed E-state index contributed by atoms with van der Waals surface area (Å²) in [6.45, 7) is 3.12. The molecule has 0 radical (unpaired) electrons. The molecule has 0 spiro atoms. The van der Waals surface area contributed by atoms with Crippen molar-refractivity contribution in [3.63, 3.8) is 0 Å². The van der Waals surface area contributed by atoms with Crippen molar-refractivity contribution in [1.29, 1.82) is 0 Å². The van der Waals surface area contributed by atoms with Crippen LogP contribution >= 0.6 is 12.2 Å². The minimum absolute atomic E-state index is 0.293. The Balaban J connectivity index is 1.48. The summed E-state index contributed by atoms with van der Waals surface area (Å²) in [6.07, 6.45) is 4.93. The van der Waals surface area contributed by atoms with Crippen molar-refractivity contribution in [3.8, 4) is 0 Å². The molecule has 1 fully saturated rings. The molecule has 1 aliphatic rings. The zero-order valence-corrected chi connectivity index (χ0v) is 15.0. The van der Waals surface area contributed by atoms with Crippen molar-refractivity contribution < 1.29 is 14.2 Å². The van der Waals surface area contributed by atoms with Gasteiger partial charge in [-0.05, 0) is 42.1 Å². The van der Waals surface area contributed by atoms with Crippen molar-refractivity contribution >= 4 is 35.1 Å². The highest BCUT2D eigenvalue weighted by Gasteiger charge is 2.24. The monoisotopic (exact) mass is 371 g/mol. The average molecular weight is 371 g/mol. The number of aromatic amines is 1. The maximum absolute atomic E-state index is 12.9. The number of thiocarbonyl (C=S) groups is 1. The lowest BCUT2D eigenvalue weighted by molar-refractivity contribution is -0.364. The first kappa shape index (κ1) is 18.0. The number of rotatable bonds is 3. The zero-order chi connectivity index (χ0) is 18.4. The van der Waals surface area contributed by atoms with Crippen molar-refractivity contribution in [3.05, 3.63) is 66.1 Å². The topological polar surface area (TPSA) is 49.7 Å².